The Morgan fingerprint density at radius 2 is 1.53 bits per heavy atom. The molecule has 2 aromatic carbocycles. The fraction of sp³-hybridized carbons (Fsp3) is 0. The summed E-state index contributed by atoms with van der Waals surface area (Å²) in [5, 5.41) is 19.2. The molecule has 0 fully saturated rings. The van der Waals surface area contributed by atoms with E-state index in [-0.39, 0.29) is 11.5 Å². The molecule has 0 aliphatic rings. The molecular weight excluding hydrogens is 212 g/mol. The lowest BCUT2D eigenvalue weighted by atomic mass is 10.1. The van der Waals surface area contributed by atoms with Crippen molar-refractivity contribution in [3.8, 4) is 22.6 Å². The van der Waals surface area contributed by atoms with Crippen molar-refractivity contribution in [3.63, 3.8) is 0 Å². The van der Waals surface area contributed by atoms with Crippen LogP contribution in [0.2, 0.25) is 5.02 Å². The Morgan fingerprint density at radius 3 is 2.20 bits per heavy atom. The topological polar surface area (TPSA) is 40.5 Å². The van der Waals surface area contributed by atoms with Crippen LogP contribution in [0.3, 0.4) is 0 Å². The molecule has 0 spiro atoms. The van der Waals surface area contributed by atoms with Crippen molar-refractivity contribution in [2.75, 3.05) is 0 Å². The zero-order valence-corrected chi connectivity index (χ0v) is 8.57. The highest BCUT2D eigenvalue weighted by atomic mass is 35.5. The van der Waals surface area contributed by atoms with Gasteiger partial charge in [-0.3, -0.25) is 0 Å². The molecule has 0 saturated heterocycles. The van der Waals surface area contributed by atoms with Crippen LogP contribution in [0.15, 0.2) is 42.5 Å². The molecule has 0 saturated carbocycles. The van der Waals surface area contributed by atoms with Crippen molar-refractivity contribution < 1.29 is 10.2 Å². The van der Waals surface area contributed by atoms with Crippen LogP contribution >= 0.6 is 11.6 Å². The molecule has 2 rings (SSSR count). The summed E-state index contributed by atoms with van der Waals surface area (Å²) in [6, 6.07) is 12.0. The fourth-order valence-electron chi connectivity index (χ4n) is 1.37. The van der Waals surface area contributed by atoms with E-state index in [9.17, 15) is 5.11 Å². The number of phenolic OH excluding ortho intramolecular Hbond substituents is 2. The third kappa shape index (κ3) is 2.05. The first-order valence-electron chi connectivity index (χ1n) is 4.45. The zero-order chi connectivity index (χ0) is 10.8. The largest absolute Gasteiger partial charge is 0.504 e. The van der Waals surface area contributed by atoms with Gasteiger partial charge in [0.05, 0.1) is 0 Å². The summed E-state index contributed by atoms with van der Waals surface area (Å²) in [4.78, 5) is 0. The standard InChI is InChI=1S/C12H9ClO2/c13-10-3-1-2-8(6-10)9-4-5-11(14)12(15)7-9/h1-7,14-15H. The van der Waals surface area contributed by atoms with Crippen LogP contribution < -0.4 is 0 Å². The Morgan fingerprint density at radius 1 is 0.800 bits per heavy atom. The Bertz CT molecular complexity index is 495. The van der Waals surface area contributed by atoms with Crippen molar-refractivity contribution in [1.29, 1.82) is 0 Å². The number of aromatic hydroxyl groups is 2. The van der Waals surface area contributed by atoms with Gasteiger partial charge < -0.3 is 10.2 Å². The molecule has 2 aromatic rings. The Kier molecular flexibility index (Phi) is 2.52. The third-order valence-corrected chi connectivity index (χ3v) is 2.37. The van der Waals surface area contributed by atoms with Gasteiger partial charge in [-0.15, -0.1) is 0 Å². The van der Waals surface area contributed by atoms with Crippen LogP contribution in [-0.2, 0) is 0 Å². The molecule has 0 bridgehead atoms. The van der Waals surface area contributed by atoms with Gasteiger partial charge in [-0.1, -0.05) is 29.8 Å². The van der Waals surface area contributed by atoms with Crippen molar-refractivity contribution in [2.45, 2.75) is 0 Å². The highest BCUT2D eigenvalue weighted by molar-refractivity contribution is 6.30. The Hall–Kier alpha value is -1.67. The van der Waals surface area contributed by atoms with Gasteiger partial charge in [0.1, 0.15) is 0 Å². The maximum absolute atomic E-state index is 9.35. The van der Waals surface area contributed by atoms with E-state index in [0.29, 0.717) is 5.02 Å². The van der Waals surface area contributed by atoms with Gasteiger partial charge in [0.15, 0.2) is 11.5 Å². The van der Waals surface area contributed by atoms with E-state index in [4.69, 9.17) is 16.7 Å². The van der Waals surface area contributed by atoms with Crippen LogP contribution in [0.5, 0.6) is 11.5 Å². The maximum atomic E-state index is 9.35. The summed E-state index contributed by atoms with van der Waals surface area (Å²) in [5.41, 5.74) is 1.71. The second-order valence-corrected chi connectivity index (χ2v) is 3.65. The molecule has 0 aromatic heterocycles. The first kappa shape index (κ1) is 9.87. The van der Waals surface area contributed by atoms with Crippen LogP contribution in [-0.4, -0.2) is 10.2 Å². The maximum Gasteiger partial charge on any atom is 0.158 e. The van der Waals surface area contributed by atoms with E-state index < -0.39 is 0 Å². The number of phenols is 2. The van der Waals surface area contributed by atoms with Gasteiger partial charge in [0.25, 0.3) is 0 Å². The molecule has 0 aliphatic carbocycles. The van der Waals surface area contributed by atoms with E-state index in [2.05, 4.69) is 0 Å². The fourth-order valence-corrected chi connectivity index (χ4v) is 1.56. The molecule has 0 aliphatic heterocycles. The van der Waals surface area contributed by atoms with Crippen molar-refractivity contribution in [3.05, 3.63) is 47.5 Å². The Balaban J connectivity index is 2.50. The van der Waals surface area contributed by atoms with Crippen molar-refractivity contribution >= 4 is 11.6 Å². The summed E-state index contributed by atoms with van der Waals surface area (Å²) in [7, 11) is 0. The predicted octanol–water partition coefficient (Wildman–Crippen LogP) is 3.42. The number of hydrogen-bond donors (Lipinski definition) is 2. The Labute approximate surface area is 92.4 Å². The van der Waals surface area contributed by atoms with E-state index in [0.717, 1.165) is 11.1 Å². The van der Waals surface area contributed by atoms with E-state index in [1.807, 2.05) is 12.1 Å². The average molecular weight is 221 g/mol. The number of benzene rings is 2. The molecule has 0 unspecified atom stereocenters. The van der Waals surface area contributed by atoms with E-state index in [1.165, 1.54) is 12.1 Å². The first-order valence-corrected chi connectivity index (χ1v) is 4.82. The molecule has 0 atom stereocenters. The van der Waals surface area contributed by atoms with E-state index >= 15 is 0 Å². The minimum atomic E-state index is -0.132. The number of rotatable bonds is 1. The normalized spacial score (nSPS) is 10.2. The highest BCUT2D eigenvalue weighted by Crippen LogP contribution is 2.31. The van der Waals surface area contributed by atoms with Crippen LogP contribution in [0.1, 0.15) is 0 Å². The summed E-state index contributed by atoms with van der Waals surface area (Å²) < 4.78 is 0. The monoisotopic (exact) mass is 220 g/mol. The van der Waals surface area contributed by atoms with E-state index in [1.54, 1.807) is 18.2 Å². The van der Waals surface area contributed by atoms with Crippen molar-refractivity contribution in [1.82, 2.24) is 0 Å². The smallest absolute Gasteiger partial charge is 0.158 e. The van der Waals surface area contributed by atoms with Crippen LogP contribution in [0.25, 0.3) is 11.1 Å². The molecule has 0 radical (unpaired) electrons. The summed E-state index contributed by atoms with van der Waals surface area (Å²) in [5.74, 6) is -0.256. The summed E-state index contributed by atoms with van der Waals surface area (Å²) in [6.45, 7) is 0. The second-order valence-electron chi connectivity index (χ2n) is 3.21. The molecular formula is C12H9ClO2. The molecule has 0 heterocycles. The van der Waals surface area contributed by atoms with Gasteiger partial charge in [0, 0.05) is 5.02 Å². The van der Waals surface area contributed by atoms with Crippen LogP contribution in [0, 0.1) is 0 Å². The molecule has 2 nitrogen and oxygen atoms in total. The predicted molar refractivity (Wildman–Crippen MR) is 60.2 cm³/mol. The molecule has 0 amide bonds. The minimum absolute atomic E-state index is 0.124. The average Bonchev–Trinajstić information content (AvgIpc) is 2.22. The lowest BCUT2D eigenvalue weighted by Gasteiger charge is -2.04. The van der Waals surface area contributed by atoms with Gasteiger partial charge in [0.2, 0.25) is 0 Å². The summed E-state index contributed by atoms with van der Waals surface area (Å²) in [6.07, 6.45) is 0. The van der Waals surface area contributed by atoms with Crippen molar-refractivity contribution in [2.24, 2.45) is 0 Å². The zero-order valence-electron chi connectivity index (χ0n) is 7.81. The summed E-state index contributed by atoms with van der Waals surface area (Å²) >= 11 is 5.85. The second kappa shape index (κ2) is 3.83. The lowest BCUT2D eigenvalue weighted by Crippen LogP contribution is -1.77. The van der Waals surface area contributed by atoms with Crippen LogP contribution in [0.4, 0.5) is 0 Å². The minimum Gasteiger partial charge on any atom is -0.504 e. The van der Waals surface area contributed by atoms with Gasteiger partial charge in [-0.2, -0.15) is 0 Å². The first-order chi connectivity index (χ1) is 7.16. The number of halogens is 1. The van der Waals surface area contributed by atoms with Gasteiger partial charge in [-0.05, 0) is 35.4 Å². The third-order valence-electron chi connectivity index (χ3n) is 2.13. The highest BCUT2D eigenvalue weighted by Gasteiger charge is 2.02. The molecule has 2 N–H and O–H groups in total. The quantitative estimate of drug-likeness (QED) is 0.723. The molecule has 15 heavy (non-hydrogen) atoms. The van der Waals surface area contributed by atoms with Gasteiger partial charge >= 0.3 is 0 Å². The molecule has 76 valence electrons. The molecule has 3 heteroatoms. The lowest BCUT2D eigenvalue weighted by molar-refractivity contribution is 0.404. The SMILES string of the molecule is Oc1ccc(-c2cccc(Cl)c2)cc1O. The number of hydrogen-bond acceptors (Lipinski definition) is 2. The van der Waals surface area contributed by atoms with Gasteiger partial charge in [-0.25, -0.2) is 0 Å².